The molecule has 198 valence electrons. The van der Waals surface area contributed by atoms with Crippen molar-refractivity contribution in [2.24, 2.45) is 0 Å². The number of nitrogens with zero attached hydrogens (tertiary/aromatic N) is 1. The molecule has 3 aromatic rings. The van der Waals surface area contributed by atoms with Crippen LogP contribution in [0, 0.1) is 0 Å². The molecule has 4 rings (SSSR count). The number of aromatic hydroxyl groups is 2. The van der Waals surface area contributed by atoms with Gasteiger partial charge in [-0.3, -0.25) is 4.48 Å². The van der Waals surface area contributed by atoms with Gasteiger partial charge in [0.2, 0.25) is 0 Å². The van der Waals surface area contributed by atoms with E-state index in [0.717, 1.165) is 29.8 Å². The maximum absolute atomic E-state index is 13.4. The number of carbonyl (C=O) groups excluding carboxylic acids is 1. The molecular weight excluding hydrogens is 500 g/mol. The van der Waals surface area contributed by atoms with Gasteiger partial charge >= 0.3 is 5.91 Å². The minimum Gasteiger partial charge on any atom is -0.504 e. The van der Waals surface area contributed by atoms with Gasteiger partial charge in [-0.05, 0) is 47.9 Å². The minimum atomic E-state index is -0.693. The summed E-state index contributed by atoms with van der Waals surface area (Å²) in [5.41, 5.74) is 2.06. The van der Waals surface area contributed by atoms with Gasteiger partial charge in [0, 0.05) is 24.2 Å². The van der Waals surface area contributed by atoms with E-state index in [2.05, 4.69) is 24.4 Å². The maximum Gasteiger partial charge on any atom is 0.338 e. The van der Waals surface area contributed by atoms with Crippen LogP contribution in [-0.4, -0.2) is 59.9 Å². The molecule has 7 heteroatoms. The number of phenolic OH excluding ortho intramolecular Hbond substituents is 2. The molecule has 1 aliphatic heterocycles. The van der Waals surface area contributed by atoms with Gasteiger partial charge in [-0.2, -0.15) is 0 Å². The number of phenols is 2. The molecule has 1 aliphatic rings. The summed E-state index contributed by atoms with van der Waals surface area (Å²) in [5, 5.41) is 23.2. The lowest BCUT2D eigenvalue weighted by atomic mass is 9.88. The number of hydrogen-bond acceptors (Lipinski definition) is 5. The fraction of sp³-hybridized carbons (Fsp3) is 0.258. The van der Waals surface area contributed by atoms with Gasteiger partial charge in [-0.1, -0.05) is 78.4 Å². The number of carbonyl (C=O) groups is 1. The summed E-state index contributed by atoms with van der Waals surface area (Å²) in [7, 11) is 0. The lowest BCUT2D eigenvalue weighted by Gasteiger charge is -2.39. The van der Waals surface area contributed by atoms with Gasteiger partial charge in [-0.15, -0.1) is 0 Å². The van der Waals surface area contributed by atoms with Crippen LogP contribution in [0.3, 0.4) is 0 Å². The van der Waals surface area contributed by atoms with Crippen LogP contribution in [-0.2, 0) is 15.1 Å². The van der Waals surface area contributed by atoms with Gasteiger partial charge in [0.25, 0.3) is 0 Å². The summed E-state index contributed by atoms with van der Waals surface area (Å²) < 4.78 is 6.92. The molecule has 1 heterocycles. The largest absolute Gasteiger partial charge is 0.504 e. The van der Waals surface area contributed by atoms with Crippen molar-refractivity contribution in [2.75, 3.05) is 39.3 Å². The quantitative estimate of drug-likeness (QED) is 0.152. The fourth-order valence-electron chi connectivity index (χ4n) is 4.77. The first kappa shape index (κ1) is 27.6. The van der Waals surface area contributed by atoms with E-state index in [9.17, 15) is 15.0 Å². The third-order valence-corrected chi connectivity index (χ3v) is 7.42. The Labute approximate surface area is 229 Å². The molecule has 1 amide bonds. The molecule has 0 spiro atoms. The van der Waals surface area contributed by atoms with Crippen LogP contribution in [0.25, 0.3) is 6.08 Å². The molecule has 0 aliphatic carbocycles. The summed E-state index contributed by atoms with van der Waals surface area (Å²) in [4.78, 5) is 13.4. The molecule has 1 unspecified atom stereocenters. The topological polar surface area (TPSA) is 78.8 Å². The van der Waals surface area contributed by atoms with Crippen LogP contribution in [0.4, 0.5) is 0 Å². The SMILES string of the molecule is CC(OCC[N+]1(C(=O)/C=C/C=C/c2ccc(O)c(O)c2)CCNCC1)(c1ccccc1)c1ccc(Cl)cc1. The first-order chi connectivity index (χ1) is 18.3. The standard InChI is InChI=1S/C31H33ClN2O4/c1-31(25-8-3-2-4-9-25,26-12-14-27(32)15-13-26)38-22-21-34(19-17-33-18-20-34)30(37)10-6-5-7-24-11-16-28(35)29(36)23-24/h2-16,23,33H,17-22H2,1H3,(H-,35,36,37)/p+1. The molecule has 1 saturated heterocycles. The van der Waals surface area contributed by atoms with Crippen molar-refractivity contribution in [1.82, 2.24) is 5.32 Å². The second-order valence-corrected chi connectivity index (χ2v) is 10.1. The van der Waals surface area contributed by atoms with Gasteiger partial charge in [-0.25, -0.2) is 4.79 Å². The van der Waals surface area contributed by atoms with Crippen molar-refractivity contribution in [3.8, 4) is 11.5 Å². The Balaban J connectivity index is 1.48. The Bertz CT molecular complexity index is 1280. The van der Waals surface area contributed by atoms with Crippen molar-refractivity contribution < 1.29 is 24.2 Å². The number of piperazine rings is 1. The van der Waals surface area contributed by atoms with E-state index in [1.165, 1.54) is 12.1 Å². The van der Waals surface area contributed by atoms with Crippen LogP contribution >= 0.6 is 11.6 Å². The molecule has 38 heavy (non-hydrogen) atoms. The van der Waals surface area contributed by atoms with Crippen LogP contribution in [0.2, 0.25) is 5.02 Å². The highest BCUT2D eigenvalue weighted by molar-refractivity contribution is 6.30. The third kappa shape index (κ3) is 6.52. The Morgan fingerprint density at radius 1 is 0.974 bits per heavy atom. The number of rotatable bonds is 9. The molecule has 0 saturated carbocycles. The van der Waals surface area contributed by atoms with Crippen molar-refractivity contribution >= 4 is 23.6 Å². The summed E-state index contributed by atoms with van der Waals surface area (Å²) in [6, 6.07) is 22.4. The minimum absolute atomic E-state index is 0.0289. The summed E-state index contributed by atoms with van der Waals surface area (Å²) in [6.45, 7) is 5.90. The van der Waals surface area contributed by atoms with E-state index in [1.807, 2.05) is 42.5 Å². The zero-order chi connectivity index (χ0) is 27.0. The normalized spacial score (nSPS) is 17.0. The lowest BCUT2D eigenvalue weighted by molar-refractivity contribution is -0.854. The van der Waals surface area contributed by atoms with E-state index < -0.39 is 5.60 Å². The van der Waals surface area contributed by atoms with E-state index in [1.54, 1.807) is 30.4 Å². The molecule has 1 fully saturated rings. The highest BCUT2D eigenvalue weighted by Crippen LogP contribution is 2.34. The summed E-state index contributed by atoms with van der Waals surface area (Å²) in [6.07, 6.45) is 6.85. The average molecular weight is 534 g/mol. The number of benzene rings is 3. The molecule has 0 radical (unpaired) electrons. The second kappa shape index (κ2) is 12.4. The Hall–Kier alpha value is -3.42. The smallest absolute Gasteiger partial charge is 0.338 e. The van der Waals surface area contributed by atoms with Crippen LogP contribution in [0.5, 0.6) is 11.5 Å². The van der Waals surface area contributed by atoms with Crippen LogP contribution in [0.1, 0.15) is 23.6 Å². The number of halogens is 1. The number of nitrogens with one attached hydrogen (secondary N) is 1. The second-order valence-electron chi connectivity index (χ2n) is 9.63. The van der Waals surface area contributed by atoms with Gasteiger partial charge in [0.05, 0.1) is 19.7 Å². The summed E-state index contributed by atoms with van der Waals surface area (Å²) >= 11 is 6.15. The Morgan fingerprint density at radius 2 is 1.66 bits per heavy atom. The Kier molecular flexibility index (Phi) is 9.02. The molecule has 0 bridgehead atoms. The highest BCUT2D eigenvalue weighted by Gasteiger charge is 2.38. The first-order valence-electron chi connectivity index (χ1n) is 12.8. The number of ether oxygens (including phenoxy) is 1. The van der Waals surface area contributed by atoms with Crippen molar-refractivity contribution in [1.29, 1.82) is 0 Å². The van der Waals surface area contributed by atoms with Gasteiger partial charge < -0.3 is 20.3 Å². The predicted octanol–water partition coefficient (Wildman–Crippen LogP) is 5.25. The van der Waals surface area contributed by atoms with Gasteiger partial charge in [0.1, 0.15) is 12.1 Å². The average Bonchev–Trinajstić information content (AvgIpc) is 2.94. The molecule has 6 nitrogen and oxygen atoms in total. The molecule has 0 aromatic heterocycles. The molecule has 3 aromatic carbocycles. The van der Waals surface area contributed by atoms with Crippen molar-refractivity contribution in [2.45, 2.75) is 12.5 Å². The highest BCUT2D eigenvalue weighted by atomic mass is 35.5. The summed E-state index contributed by atoms with van der Waals surface area (Å²) in [5.74, 6) is -0.320. The van der Waals surface area contributed by atoms with Crippen molar-refractivity contribution in [3.63, 3.8) is 0 Å². The lowest BCUT2D eigenvalue weighted by Crippen LogP contribution is -2.62. The molecule has 1 atom stereocenters. The number of hydrogen-bond donors (Lipinski definition) is 3. The third-order valence-electron chi connectivity index (χ3n) is 7.17. The van der Waals surface area contributed by atoms with E-state index in [4.69, 9.17) is 16.3 Å². The van der Waals surface area contributed by atoms with E-state index in [0.29, 0.717) is 35.7 Å². The monoisotopic (exact) mass is 533 g/mol. The molecule has 3 N–H and O–H groups in total. The van der Waals surface area contributed by atoms with E-state index in [-0.39, 0.29) is 17.4 Å². The fourth-order valence-corrected chi connectivity index (χ4v) is 4.89. The number of allylic oxidation sites excluding steroid dienone is 2. The predicted molar refractivity (Wildman–Crippen MR) is 151 cm³/mol. The van der Waals surface area contributed by atoms with Gasteiger partial charge in [0.15, 0.2) is 11.5 Å². The molecular formula is C31H34ClN2O4+. The Morgan fingerprint density at radius 3 is 2.34 bits per heavy atom. The van der Waals surface area contributed by atoms with E-state index >= 15 is 0 Å². The number of quaternary nitrogens is 1. The number of amides is 1. The first-order valence-corrected chi connectivity index (χ1v) is 13.1. The van der Waals surface area contributed by atoms with Crippen LogP contribution < -0.4 is 5.32 Å². The van der Waals surface area contributed by atoms with Crippen LogP contribution in [0.15, 0.2) is 91.0 Å². The van der Waals surface area contributed by atoms with Crippen molar-refractivity contribution in [3.05, 3.63) is 113 Å². The maximum atomic E-state index is 13.4. The zero-order valence-corrected chi connectivity index (χ0v) is 22.3. The zero-order valence-electron chi connectivity index (χ0n) is 21.5.